The molecule has 1 amide bonds. The first-order valence-electron chi connectivity index (χ1n) is 7.90. The van der Waals surface area contributed by atoms with Gasteiger partial charge in [-0.25, -0.2) is 12.7 Å². The Hall–Kier alpha value is -1.44. The van der Waals surface area contributed by atoms with E-state index in [-0.39, 0.29) is 17.7 Å². The first-order valence-corrected chi connectivity index (χ1v) is 9.51. The Labute approximate surface area is 138 Å². The van der Waals surface area contributed by atoms with Crippen LogP contribution in [0.3, 0.4) is 0 Å². The standard InChI is InChI=1S/C16H25N3O3S/c1-3-23(21,22)19-11-9-14(10-12-19)18-15(20)16(2,17)13-7-5-4-6-8-13/h4-8,14H,3,9-12,17H2,1-2H3,(H,18,20). The van der Waals surface area contributed by atoms with Gasteiger partial charge in [0.25, 0.3) is 0 Å². The third-order valence-corrected chi connectivity index (χ3v) is 6.27. The van der Waals surface area contributed by atoms with E-state index in [1.807, 2.05) is 30.3 Å². The summed E-state index contributed by atoms with van der Waals surface area (Å²) in [5.41, 5.74) is 5.85. The van der Waals surface area contributed by atoms with Crippen LogP contribution in [0.1, 0.15) is 32.3 Å². The van der Waals surface area contributed by atoms with Crippen LogP contribution in [0.2, 0.25) is 0 Å². The van der Waals surface area contributed by atoms with Crippen LogP contribution < -0.4 is 11.1 Å². The van der Waals surface area contributed by atoms with Crippen LogP contribution in [0.4, 0.5) is 0 Å². The van der Waals surface area contributed by atoms with Crippen molar-refractivity contribution in [2.24, 2.45) is 5.73 Å². The SMILES string of the molecule is CCS(=O)(=O)N1CCC(NC(=O)C(C)(N)c2ccccc2)CC1. The zero-order valence-electron chi connectivity index (χ0n) is 13.7. The molecule has 128 valence electrons. The van der Waals surface area contributed by atoms with Crippen molar-refractivity contribution in [1.29, 1.82) is 0 Å². The second kappa shape index (κ2) is 6.98. The molecule has 0 spiro atoms. The topological polar surface area (TPSA) is 92.5 Å². The zero-order valence-corrected chi connectivity index (χ0v) is 14.5. The summed E-state index contributed by atoms with van der Waals surface area (Å²) in [5, 5.41) is 2.96. The van der Waals surface area contributed by atoms with Crippen LogP contribution >= 0.6 is 0 Å². The highest BCUT2D eigenvalue weighted by Gasteiger charge is 2.33. The summed E-state index contributed by atoms with van der Waals surface area (Å²) in [6.07, 6.45) is 1.21. The Balaban J connectivity index is 1.95. The molecule has 1 aromatic rings. The number of carbonyl (C=O) groups is 1. The van der Waals surface area contributed by atoms with Crippen molar-refractivity contribution in [1.82, 2.24) is 9.62 Å². The van der Waals surface area contributed by atoms with Crippen LogP contribution in [0.25, 0.3) is 0 Å². The molecule has 1 unspecified atom stereocenters. The van der Waals surface area contributed by atoms with Crippen molar-refractivity contribution in [2.75, 3.05) is 18.8 Å². The molecule has 0 radical (unpaired) electrons. The second-order valence-electron chi connectivity index (χ2n) is 6.12. The Bertz CT molecular complexity index is 636. The molecule has 23 heavy (non-hydrogen) atoms. The summed E-state index contributed by atoms with van der Waals surface area (Å²) in [7, 11) is -3.15. The largest absolute Gasteiger partial charge is 0.351 e. The summed E-state index contributed by atoms with van der Waals surface area (Å²) in [6.45, 7) is 4.21. The van der Waals surface area contributed by atoms with Gasteiger partial charge >= 0.3 is 0 Å². The molecule has 3 N–H and O–H groups in total. The molecule has 6 nitrogen and oxygen atoms in total. The van der Waals surface area contributed by atoms with Crippen molar-refractivity contribution in [3.8, 4) is 0 Å². The molecule has 1 fully saturated rings. The Morgan fingerprint density at radius 3 is 2.39 bits per heavy atom. The molecule has 1 atom stereocenters. The van der Waals surface area contributed by atoms with Crippen LogP contribution in [-0.4, -0.2) is 43.5 Å². The number of rotatable bonds is 5. The minimum Gasteiger partial charge on any atom is -0.351 e. The monoisotopic (exact) mass is 339 g/mol. The molecule has 1 aliphatic heterocycles. The Morgan fingerprint density at radius 1 is 1.30 bits per heavy atom. The minimum atomic E-state index is -3.15. The van der Waals surface area contributed by atoms with Gasteiger partial charge < -0.3 is 11.1 Å². The molecule has 1 aromatic carbocycles. The van der Waals surface area contributed by atoms with E-state index in [0.29, 0.717) is 25.9 Å². The smallest absolute Gasteiger partial charge is 0.244 e. The van der Waals surface area contributed by atoms with E-state index in [0.717, 1.165) is 5.56 Å². The molecule has 7 heteroatoms. The molecule has 0 saturated carbocycles. The first-order chi connectivity index (χ1) is 10.8. The van der Waals surface area contributed by atoms with Gasteiger partial charge in [-0.05, 0) is 32.3 Å². The molecule has 2 rings (SSSR count). The lowest BCUT2D eigenvalue weighted by Crippen LogP contribution is -2.54. The maximum atomic E-state index is 12.5. The normalized spacial score (nSPS) is 20.0. The van der Waals surface area contributed by atoms with Crippen molar-refractivity contribution in [2.45, 2.75) is 38.3 Å². The number of nitrogens with two attached hydrogens (primary N) is 1. The predicted octanol–water partition coefficient (Wildman–Crippen LogP) is 0.791. The maximum Gasteiger partial charge on any atom is 0.244 e. The van der Waals surface area contributed by atoms with E-state index in [9.17, 15) is 13.2 Å². The van der Waals surface area contributed by atoms with Gasteiger partial charge in [0, 0.05) is 19.1 Å². The molecule has 1 aliphatic rings. The van der Waals surface area contributed by atoms with Gasteiger partial charge in [-0.2, -0.15) is 0 Å². The maximum absolute atomic E-state index is 12.5. The van der Waals surface area contributed by atoms with Gasteiger partial charge in [0.2, 0.25) is 15.9 Å². The van der Waals surface area contributed by atoms with Gasteiger partial charge in [0.05, 0.1) is 5.75 Å². The minimum absolute atomic E-state index is 0.0441. The average Bonchev–Trinajstić information content (AvgIpc) is 2.56. The number of sulfonamides is 1. The molecular formula is C16H25N3O3S. The molecule has 1 heterocycles. The number of hydrogen-bond acceptors (Lipinski definition) is 4. The Kier molecular flexibility index (Phi) is 5.44. The van der Waals surface area contributed by atoms with Crippen molar-refractivity contribution in [3.05, 3.63) is 35.9 Å². The van der Waals surface area contributed by atoms with Gasteiger partial charge in [-0.3, -0.25) is 4.79 Å². The van der Waals surface area contributed by atoms with E-state index in [1.54, 1.807) is 13.8 Å². The Morgan fingerprint density at radius 2 is 1.87 bits per heavy atom. The zero-order chi connectivity index (χ0) is 17.1. The quantitative estimate of drug-likeness (QED) is 0.829. The lowest BCUT2D eigenvalue weighted by Gasteiger charge is -2.33. The van der Waals surface area contributed by atoms with E-state index < -0.39 is 15.6 Å². The third-order valence-electron chi connectivity index (χ3n) is 4.39. The van der Waals surface area contributed by atoms with Gasteiger partial charge in [-0.1, -0.05) is 30.3 Å². The number of benzene rings is 1. The lowest BCUT2D eigenvalue weighted by atomic mass is 9.91. The predicted molar refractivity (Wildman–Crippen MR) is 90.2 cm³/mol. The highest BCUT2D eigenvalue weighted by atomic mass is 32.2. The average molecular weight is 339 g/mol. The van der Waals surface area contributed by atoms with E-state index in [4.69, 9.17) is 5.73 Å². The number of nitrogens with one attached hydrogen (secondary N) is 1. The molecule has 0 aromatic heterocycles. The van der Waals surface area contributed by atoms with Gasteiger partial charge in [0.15, 0.2) is 0 Å². The number of amides is 1. The lowest BCUT2D eigenvalue weighted by molar-refractivity contribution is -0.127. The summed E-state index contributed by atoms with van der Waals surface area (Å²) in [6, 6.07) is 9.19. The van der Waals surface area contributed by atoms with Crippen LogP contribution in [-0.2, 0) is 20.4 Å². The van der Waals surface area contributed by atoms with Crippen molar-refractivity contribution >= 4 is 15.9 Å². The van der Waals surface area contributed by atoms with E-state index in [1.165, 1.54) is 4.31 Å². The van der Waals surface area contributed by atoms with Gasteiger partial charge in [-0.15, -0.1) is 0 Å². The number of hydrogen-bond donors (Lipinski definition) is 2. The highest BCUT2D eigenvalue weighted by molar-refractivity contribution is 7.89. The number of nitrogens with zero attached hydrogens (tertiary/aromatic N) is 1. The van der Waals surface area contributed by atoms with Crippen molar-refractivity contribution in [3.63, 3.8) is 0 Å². The van der Waals surface area contributed by atoms with Crippen LogP contribution in [0.5, 0.6) is 0 Å². The summed E-state index contributed by atoms with van der Waals surface area (Å²) in [4.78, 5) is 12.5. The first kappa shape index (κ1) is 17.9. The fraction of sp³-hybridized carbons (Fsp3) is 0.562. The van der Waals surface area contributed by atoms with Crippen molar-refractivity contribution < 1.29 is 13.2 Å². The molecular weight excluding hydrogens is 314 g/mol. The fourth-order valence-electron chi connectivity index (χ4n) is 2.71. The van der Waals surface area contributed by atoms with Crippen LogP contribution in [0, 0.1) is 0 Å². The summed E-state index contributed by atoms with van der Waals surface area (Å²) < 4.78 is 25.2. The summed E-state index contributed by atoms with van der Waals surface area (Å²) >= 11 is 0. The summed E-state index contributed by atoms with van der Waals surface area (Å²) in [5.74, 6) is -0.126. The second-order valence-corrected chi connectivity index (χ2v) is 8.37. The fourth-order valence-corrected chi connectivity index (χ4v) is 3.84. The third kappa shape index (κ3) is 4.10. The van der Waals surface area contributed by atoms with Gasteiger partial charge in [0.1, 0.15) is 5.54 Å². The molecule has 0 aliphatic carbocycles. The van der Waals surface area contributed by atoms with E-state index in [2.05, 4.69) is 5.32 Å². The molecule has 1 saturated heterocycles. The number of piperidine rings is 1. The van der Waals surface area contributed by atoms with Crippen LogP contribution in [0.15, 0.2) is 30.3 Å². The molecule has 0 bridgehead atoms. The van der Waals surface area contributed by atoms with E-state index >= 15 is 0 Å². The highest BCUT2D eigenvalue weighted by Crippen LogP contribution is 2.20. The number of carbonyl (C=O) groups excluding carboxylic acids is 1.